The maximum Gasteiger partial charge on any atom is 0.251 e. The molecule has 2 aromatic rings. The number of amides is 1. The molecule has 0 aliphatic carbocycles. The molecule has 0 saturated carbocycles. The van der Waals surface area contributed by atoms with E-state index in [0.717, 1.165) is 17.1 Å². The minimum absolute atomic E-state index is 0.0770. The van der Waals surface area contributed by atoms with E-state index in [1.54, 1.807) is 24.2 Å². The lowest BCUT2D eigenvalue weighted by Crippen LogP contribution is -2.27. The van der Waals surface area contributed by atoms with Crippen LogP contribution in [0.1, 0.15) is 34.7 Å². The van der Waals surface area contributed by atoms with Gasteiger partial charge >= 0.3 is 0 Å². The number of carbonyl (C=O) groups excluding carboxylic acids is 1. The van der Waals surface area contributed by atoms with Gasteiger partial charge in [0.1, 0.15) is 5.82 Å². The first-order valence-corrected chi connectivity index (χ1v) is 7.48. The Kier molecular flexibility index (Phi) is 4.63. The minimum Gasteiger partial charge on any atom is -0.347 e. The van der Waals surface area contributed by atoms with Gasteiger partial charge in [-0.15, -0.1) is 0 Å². The molecule has 1 amide bonds. The highest BCUT2D eigenvalue weighted by molar-refractivity contribution is 7.97. The number of rotatable bonds is 5. The zero-order valence-corrected chi connectivity index (χ0v) is 11.8. The molecule has 1 unspecified atom stereocenters. The van der Waals surface area contributed by atoms with Crippen molar-refractivity contribution in [1.29, 1.82) is 0 Å². The summed E-state index contributed by atoms with van der Waals surface area (Å²) in [5, 5.41) is 2.93. The summed E-state index contributed by atoms with van der Waals surface area (Å²) in [6.45, 7) is 1.91. The highest BCUT2D eigenvalue weighted by atomic mass is 32.2. The molecule has 1 atom stereocenters. The second-order valence-electron chi connectivity index (χ2n) is 4.30. The number of nitrogens with zero attached hydrogens (tertiary/aromatic N) is 1. The standard InChI is InChI=1S/C14H17N3OS/c1-10(13-15-6-7-16-13)17-14(18)12-5-3-4-11(8-12)9-19-2/h3-8,10H,9H2,1-2H3,(H,15,16)(H,17,18). The number of benzene rings is 1. The zero-order chi connectivity index (χ0) is 13.7. The van der Waals surface area contributed by atoms with Crippen molar-refractivity contribution >= 4 is 17.7 Å². The fourth-order valence-corrected chi connectivity index (χ4v) is 2.34. The van der Waals surface area contributed by atoms with Crippen LogP contribution >= 0.6 is 11.8 Å². The molecule has 1 aromatic heterocycles. The van der Waals surface area contributed by atoms with Crippen LogP contribution in [0.5, 0.6) is 0 Å². The summed E-state index contributed by atoms with van der Waals surface area (Å²) in [6, 6.07) is 7.57. The summed E-state index contributed by atoms with van der Waals surface area (Å²) in [5.74, 6) is 1.59. The molecule has 0 saturated heterocycles. The fourth-order valence-electron chi connectivity index (χ4n) is 1.83. The predicted octanol–water partition coefficient (Wildman–Crippen LogP) is 2.76. The first kappa shape index (κ1) is 13.7. The number of hydrogen-bond acceptors (Lipinski definition) is 3. The van der Waals surface area contributed by atoms with E-state index < -0.39 is 0 Å². The van der Waals surface area contributed by atoms with E-state index in [1.165, 1.54) is 0 Å². The Morgan fingerprint density at radius 3 is 3.05 bits per heavy atom. The van der Waals surface area contributed by atoms with Crippen LogP contribution in [-0.4, -0.2) is 22.1 Å². The van der Waals surface area contributed by atoms with Crippen molar-refractivity contribution in [2.75, 3.05) is 6.26 Å². The first-order valence-electron chi connectivity index (χ1n) is 6.08. The van der Waals surface area contributed by atoms with Gasteiger partial charge in [0.05, 0.1) is 6.04 Å². The van der Waals surface area contributed by atoms with Crippen LogP contribution in [0.3, 0.4) is 0 Å². The van der Waals surface area contributed by atoms with Crippen LogP contribution in [0.25, 0.3) is 0 Å². The van der Waals surface area contributed by atoms with Crippen LogP contribution in [-0.2, 0) is 5.75 Å². The first-order chi connectivity index (χ1) is 9.20. The Hall–Kier alpha value is -1.75. The van der Waals surface area contributed by atoms with Crippen LogP contribution in [0, 0.1) is 0 Å². The van der Waals surface area contributed by atoms with Gasteiger partial charge in [0, 0.05) is 23.7 Å². The van der Waals surface area contributed by atoms with E-state index in [9.17, 15) is 4.79 Å². The molecule has 100 valence electrons. The lowest BCUT2D eigenvalue weighted by atomic mass is 10.1. The molecule has 2 rings (SSSR count). The smallest absolute Gasteiger partial charge is 0.251 e. The van der Waals surface area contributed by atoms with E-state index in [4.69, 9.17) is 0 Å². The molecule has 0 spiro atoms. The Morgan fingerprint density at radius 2 is 2.37 bits per heavy atom. The Labute approximate surface area is 117 Å². The summed E-state index contributed by atoms with van der Waals surface area (Å²) >= 11 is 1.74. The van der Waals surface area contributed by atoms with Gasteiger partial charge in [0.15, 0.2) is 0 Å². The number of imidazole rings is 1. The fraction of sp³-hybridized carbons (Fsp3) is 0.286. The van der Waals surface area contributed by atoms with Crippen LogP contribution in [0.4, 0.5) is 0 Å². The molecule has 2 N–H and O–H groups in total. The summed E-state index contributed by atoms with van der Waals surface area (Å²) in [7, 11) is 0. The number of carbonyl (C=O) groups is 1. The van der Waals surface area contributed by atoms with Gasteiger partial charge in [-0.25, -0.2) is 4.98 Å². The minimum atomic E-state index is -0.133. The largest absolute Gasteiger partial charge is 0.347 e. The number of nitrogens with one attached hydrogen (secondary N) is 2. The molecule has 5 heteroatoms. The topological polar surface area (TPSA) is 57.8 Å². The molecule has 1 aromatic carbocycles. The molecular weight excluding hydrogens is 258 g/mol. The zero-order valence-electron chi connectivity index (χ0n) is 11.0. The van der Waals surface area contributed by atoms with Gasteiger partial charge < -0.3 is 10.3 Å². The highest BCUT2D eigenvalue weighted by Crippen LogP contribution is 2.13. The van der Waals surface area contributed by atoms with E-state index in [0.29, 0.717) is 5.56 Å². The number of H-pyrrole nitrogens is 1. The van der Waals surface area contributed by atoms with Gasteiger partial charge in [0.25, 0.3) is 5.91 Å². The number of hydrogen-bond donors (Lipinski definition) is 2. The monoisotopic (exact) mass is 275 g/mol. The van der Waals surface area contributed by atoms with Crippen LogP contribution < -0.4 is 5.32 Å². The summed E-state index contributed by atoms with van der Waals surface area (Å²) in [6.07, 6.45) is 5.47. The Balaban J connectivity index is 2.05. The molecule has 19 heavy (non-hydrogen) atoms. The van der Waals surface area contributed by atoms with Gasteiger partial charge in [0.2, 0.25) is 0 Å². The third kappa shape index (κ3) is 3.61. The lowest BCUT2D eigenvalue weighted by Gasteiger charge is -2.12. The van der Waals surface area contributed by atoms with E-state index in [2.05, 4.69) is 15.3 Å². The number of aromatic amines is 1. The molecule has 0 aliphatic rings. The van der Waals surface area contributed by atoms with Crippen molar-refractivity contribution in [3.05, 3.63) is 53.6 Å². The van der Waals surface area contributed by atoms with E-state index in [1.807, 2.05) is 37.4 Å². The van der Waals surface area contributed by atoms with Crippen LogP contribution in [0.2, 0.25) is 0 Å². The lowest BCUT2D eigenvalue weighted by molar-refractivity contribution is 0.0938. The second kappa shape index (κ2) is 6.43. The Morgan fingerprint density at radius 1 is 1.53 bits per heavy atom. The number of aromatic nitrogens is 2. The third-order valence-electron chi connectivity index (χ3n) is 2.78. The highest BCUT2D eigenvalue weighted by Gasteiger charge is 2.13. The molecular formula is C14H17N3OS. The van der Waals surface area contributed by atoms with Gasteiger partial charge in [-0.05, 0) is 30.9 Å². The quantitative estimate of drug-likeness (QED) is 0.882. The Bertz CT molecular complexity index is 539. The van der Waals surface area contributed by atoms with Crippen molar-refractivity contribution in [2.24, 2.45) is 0 Å². The molecule has 4 nitrogen and oxygen atoms in total. The van der Waals surface area contributed by atoms with Gasteiger partial charge in [-0.1, -0.05) is 12.1 Å². The normalized spacial score (nSPS) is 12.1. The predicted molar refractivity (Wildman–Crippen MR) is 78.1 cm³/mol. The van der Waals surface area contributed by atoms with Crippen molar-refractivity contribution in [3.63, 3.8) is 0 Å². The summed E-state index contributed by atoms with van der Waals surface area (Å²) in [4.78, 5) is 19.3. The number of thioether (sulfide) groups is 1. The average molecular weight is 275 g/mol. The van der Waals surface area contributed by atoms with E-state index in [-0.39, 0.29) is 11.9 Å². The van der Waals surface area contributed by atoms with E-state index >= 15 is 0 Å². The third-order valence-corrected chi connectivity index (χ3v) is 3.40. The van der Waals surface area contributed by atoms with Gasteiger partial charge in [-0.3, -0.25) is 4.79 Å². The van der Waals surface area contributed by atoms with Gasteiger partial charge in [-0.2, -0.15) is 11.8 Å². The molecule has 0 aliphatic heterocycles. The van der Waals surface area contributed by atoms with Crippen molar-refractivity contribution < 1.29 is 4.79 Å². The van der Waals surface area contributed by atoms with Crippen molar-refractivity contribution in [2.45, 2.75) is 18.7 Å². The van der Waals surface area contributed by atoms with Crippen molar-refractivity contribution in [1.82, 2.24) is 15.3 Å². The maximum atomic E-state index is 12.1. The molecule has 0 fully saturated rings. The summed E-state index contributed by atoms with van der Waals surface area (Å²) < 4.78 is 0. The molecule has 0 bridgehead atoms. The SMILES string of the molecule is CSCc1cccc(C(=O)NC(C)c2ncc[nH]2)c1. The second-order valence-corrected chi connectivity index (χ2v) is 5.17. The average Bonchev–Trinajstić information content (AvgIpc) is 2.93. The summed E-state index contributed by atoms with van der Waals surface area (Å²) in [5.41, 5.74) is 1.84. The van der Waals surface area contributed by atoms with Crippen molar-refractivity contribution in [3.8, 4) is 0 Å². The maximum absolute atomic E-state index is 12.1. The van der Waals surface area contributed by atoms with Crippen LogP contribution in [0.15, 0.2) is 36.7 Å². The molecule has 1 heterocycles. The molecule has 0 radical (unpaired) electrons.